The normalized spacial score (nSPS) is 8.69. The van der Waals surface area contributed by atoms with Crippen molar-refractivity contribution in [3.8, 4) is 6.07 Å². The van der Waals surface area contributed by atoms with Gasteiger partial charge in [-0.15, -0.1) is 0 Å². The maximum Gasteiger partial charge on any atom is 0.309 e. The smallest absolute Gasteiger partial charge is 0.309 e. The molecule has 0 saturated heterocycles. The van der Waals surface area contributed by atoms with Gasteiger partial charge in [0.05, 0.1) is 0 Å². The molecule has 0 N–H and O–H groups in total. The average molecular weight is 171 g/mol. The SMILES string of the molecule is Cc1cc(C)c[n+](C(=C=[N-])C#N)c1. The molecule has 1 rings (SSSR count). The second-order valence-corrected chi connectivity index (χ2v) is 2.87. The van der Waals surface area contributed by atoms with Crippen molar-refractivity contribution in [3.05, 3.63) is 35.0 Å². The highest BCUT2D eigenvalue weighted by molar-refractivity contribution is 5.84. The van der Waals surface area contributed by atoms with E-state index in [9.17, 15) is 0 Å². The maximum atomic E-state index is 8.63. The summed E-state index contributed by atoms with van der Waals surface area (Å²) in [5, 5.41) is 17.3. The van der Waals surface area contributed by atoms with Crippen LogP contribution in [0.1, 0.15) is 11.1 Å². The van der Waals surface area contributed by atoms with Gasteiger partial charge in [0.25, 0.3) is 0 Å². The van der Waals surface area contributed by atoms with Gasteiger partial charge in [0.15, 0.2) is 18.5 Å². The molecule has 0 bridgehead atoms. The molecule has 1 aromatic rings. The molecular formula is C10H9N3. The number of aromatic nitrogens is 1. The van der Waals surface area contributed by atoms with Crippen molar-refractivity contribution in [3.63, 3.8) is 0 Å². The van der Waals surface area contributed by atoms with Crippen LogP contribution in [0.4, 0.5) is 0 Å². The van der Waals surface area contributed by atoms with E-state index in [-0.39, 0.29) is 5.70 Å². The zero-order valence-electron chi connectivity index (χ0n) is 7.57. The van der Waals surface area contributed by atoms with Crippen LogP contribution < -0.4 is 4.57 Å². The molecule has 0 aliphatic rings. The predicted octanol–water partition coefficient (Wildman–Crippen LogP) is 1.19. The molecule has 0 aliphatic carbocycles. The minimum absolute atomic E-state index is 0.0896. The van der Waals surface area contributed by atoms with Crippen LogP contribution in [-0.2, 0) is 0 Å². The Labute approximate surface area is 77.1 Å². The Balaban J connectivity index is 3.32. The Morgan fingerprint density at radius 3 is 2.31 bits per heavy atom. The molecule has 0 atom stereocenters. The average Bonchev–Trinajstić information content (AvgIpc) is 2.04. The van der Waals surface area contributed by atoms with Gasteiger partial charge >= 0.3 is 5.70 Å². The summed E-state index contributed by atoms with van der Waals surface area (Å²) in [6.07, 6.45) is 3.52. The first kappa shape index (κ1) is 9.18. The number of nitriles is 1. The molecule has 0 aromatic carbocycles. The third-order valence-corrected chi connectivity index (χ3v) is 1.61. The van der Waals surface area contributed by atoms with Crippen LogP contribution in [0.5, 0.6) is 0 Å². The van der Waals surface area contributed by atoms with Crippen molar-refractivity contribution in [1.82, 2.24) is 0 Å². The van der Waals surface area contributed by atoms with Gasteiger partial charge < -0.3 is 5.41 Å². The van der Waals surface area contributed by atoms with E-state index in [0.717, 1.165) is 11.1 Å². The summed E-state index contributed by atoms with van der Waals surface area (Å²) in [6.45, 7) is 3.85. The summed E-state index contributed by atoms with van der Waals surface area (Å²) < 4.78 is 1.55. The highest BCUT2D eigenvalue weighted by Crippen LogP contribution is 1.98. The van der Waals surface area contributed by atoms with Crippen LogP contribution in [-0.4, -0.2) is 5.87 Å². The lowest BCUT2D eigenvalue weighted by Gasteiger charge is -1.95. The number of pyridine rings is 1. The van der Waals surface area contributed by atoms with Crippen molar-refractivity contribution in [1.29, 1.82) is 5.26 Å². The minimum atomic E-state index is 0.0896. The van der Waals surface area contributed by atoms with Crippen molar-refractivity contribution in [2.45, 2.75) is 13.8 Å². The van der Waals surface area contributed by atoms with E-state index in [4.69, 9.17) is 10.7 Å². The van der Waals surface area contributed by atoms with Crippen molar-refractivity contribution in [2.75, 3.05) is 0 Å². The van der Waals surface area contributed by atoms with E-state index in [2.05, 4.69) is 0 Å². The molecule has 64 valence electrons. The van der Waals surface area contributed by atoms with E-state index in [1.54, 1.807) is 17.0 Å². The molecule has 1 heterocycles. The Bertz CT molecular complexity index is 400. The molecule has 3 nitrogen and oxygen atoms in total. The van der Waals surface area contributed by atoms with Crippen LogP contribution in [0, 0.1) is 25.2 Å². The molecule has 3 heteroatoms. The zero-order valence-corrected chi connectivity index (χ0v) is 7.57. The Morgan fingerprint density at radius 2 is 1.92 bits per heavy atom. The summed E-state index contributed by atoms with van der Waals surface area (Å²) in [7, 11) is 0. The van der Waals surface area contributed by atoms with Gasteiger partial charge in [-0.3, -0.25) is 0 Å². The maximum absolute atomic E-state index is 8.63. The fourth-order valence-corrected chi connectivity index (χ4v) is 1.18. The van der Waals surface area contributed by atoms with Crippen LogP contribution in [0.25, 0.3) is 11.1 Å². The molecule has 0 amide bonds. The molecule has 0 radical (unpaired) electrons. The number of nitrogens with zero attached hydrogens (tertiary/aromatic N) is 3. The first-order chi connectivity index (χ1) is 6.17. The van der Waals surface area contributed by atoms with Crippen LogP contribution >= 0.6 is 0 Å². The highest BCUT2D eigenvalue weighted by atomic mass is 14.9. The second kappa shape index (κ2) is 3.66. The molecule has 1 aromatic heterocycles. The number of rotatable bonds is 1. The predicted molar refractivity (Wildman–Crippen MR) is 49.8 cm³/mol. The summed E-state index contributed by atoms with van der Waals surface area (Å²) in [4.78, 5) is 0. The molecular weight excluding hydrogens is 162 g/mol. The van der Waals surface area contributed by atoms with Gasteiger partial charge in [-0.1, -0.05) is 0 Å². The number of hydrogen-bond donors (Lipinski definition) is 0. The lowest BCUT2D eigenvalue weighted by atomic mass is 10.2. The first-order valence-corrected chi connectivity index (χ1v) is 3.84. The molecule has 0 aliphatic heterocycles. The molecule has 0 unspecified atom stereocenters. The standard InChI is InChI=1S/C10H9N3/c1-8-3-9(2)7-13(6-8)10(4-11)5-12/h3,6-7H,1-2H3. The van der Waals surface area contributed by atoms with E-state index >= 15 is 0 Å². The highest BCUT2D eigenvalue weighted by Gasteiger charge is 2.07. The molecule has 0 saturated carbocycles. The fraction of sp³-hybridized carbons (Fsp3) is 0.200. The van der Waals surface area contributed by atoms with Gasteiger partial charge in [-0.05, 0) is 19.9 Å². The summed E-state index contributed by atoms with van der Waals surface area (Å²) in [6, 6.07) is 3.83. The Hall–Kier alpha value is -1.91. The van der Waals surface area contributed by atoms with Crippen molar-refractivity contribution in [2.24, 2.45) is 0 Å². The Morgan fingerprint density at radius 1 is 1.38 bits per heavy atom. The Kier molecular flexibility index (Phi) is 2.59. The van der Waals surface area contributed by atoms with Crippen molar-refractivity contribution >= 4 is 11.6 Å². The quantitative estimate of drug-likeness (QED) is 0.356. The number of aryl methyl sites for hydroxylation is 2. The summed E-state index contributed by atoms with van der Waals surface area (Å²) >= 11 is 0. The van der Waals surface area contributed by atoms with E-state index in [0.29, 0.717) is 0 Å². The second-order valence-electron chi connectivity index (χ2n) is 2.87. The first-order valence-electron chi connectivity index (χ1n) is 3.84. The lowest BCUT2D eigenvalue weighted by Crippen LogP contribution is -2.32. The third kappa shape index (κ3) is 2.02. The molecule has 13 heavy (non-hydrogen) atoms. The molecule has 0 spiro atoms. The zero-order chi connectivity index (χ0) is 9.84. The van der Waals surface area contributed by atoms with Gasteiger partial charge in [-0.25, -0.2) is 0 Å². The van der Waals surface area contributed by atoms with Gasteiger partial charge in [0.2, 0.25) is 0 Å². The monoisotopic (exact) mass is 171 g/mol. The summed E-state index contributed by atoms with van der Waals surface area (Å²) in [5.41, 5.74) is 2.15. The number of hydrogen-bond acceptors (Lipinski definition) is 1. The molecule has 0 fully saturated rings. The van der Waals surface area contributed by atoms with Crippen LogP contribution in [0.15, 0.2) is 18.5 Å². The number of allylic oxidation sites excluding steroid dienone is 1. The van der Waals surface area contributed by atoms with Crippen LogP contribution in [0.3, 0.4) is 0 Å². The van der Waals surface area contributed by atoms with Crippen LogP contribution in [0.2, 0.25) is 0 Å². The fourth-order valence-electron chi connectivity index (χ4n) is 1.18. The topological polar surface area (TPSA) is 50.0 Å². The summed E-state index contributed by atoms with van der Waals surface area (Å²) in [5.74, 6) is 1.84. The third-order valence-electron chi connectivity index (χ3n) is 1.61. The van der Waals surface area contributed by atoms with Gasteiger partial charge in [0, 0.05) is 11.1 Å². The van der Waals surface area contributed by atoms with Crippen molar-refractivity contribution < 1.29 is 4.57 Å². The largest absolute Gasteiger partial charge is 0.757 e. The minimum Gasteiger partial charge on any atom is -0.757 e. The van der Waals surface area contributed by atoms with Gasteiger partial charge in [0.1, 0.15) is 0 Å². The van der Waals surface area contributed by atoms with E-state index < -0.39 is 0 Å². The van der Waals surface area contributed by atoms with E-state index in [1.165, 1.54) is 0 Å². The van der Waals surface area contributed by atoms with Gasteiger partial charge in [-0.2, -0.15) is 15.7 Å². The van der Waals surface area contributed by atoms with E-state index in [1.807, 2.05) is 31.9 Å². The lowest BCUT2D eigenvalue weighted by molar-refractivity contribution is -0.576.